The van der Waals surface area contributed by atoms with Crippen LogP contribution in [0.5, 0.6) is 5.75 Å². The zero-order valence-corrected chi connectivity index (χ0v) is 16.5. The third-order valence-electron chi connectivity index (χ3n) is 4.58. The lowest BCUT2D eigenvalue weighted by atomic mass is 10.1. The summed E-state index contributed by atoms with van der Waals surface area (Å²) in [5.74, 6) is -0.624. The van der Waals surface area contributed by atoms with Gasteiger partial charge in [-0.15, -0.1) is 0 Å². The van der Waals surface area contributed by atoms with Crippen molar-refractivity contribution in [2.75, 3.05) is 17.2 Å². The first-order valence-electron chi connectivity index (χ1n) is 9.53. The lowest BCUT2D eigenvalue weighted by Gasteiger charge is -2.14. The van der Waals surface area contributed by atoms with Crippen molar-refractivity contribution in [1.29, 1.82) is 0 Å². The second-order valence-electron chi connectivity index (χ2n) is 6.95. The molecule has 0 spiro atoms. The molecule has 2 aromatic rings. The van der Waals surface area contributed by atoms with Gasteiger partial charge in [-0.05, 0) is 73.7 Å². The molecule has 29 heavy (non-hydrogen) atoms. The van der Waals surface area contributed by atoms with Crippen LogP contribution in [0, 0.1) is 0 Å². The van der Waals surface area contributed by atoms with Crippen molar-refractivity contribution in [3.63, 3.8) is 0 Å². The highest BCUT2D eigenvalue weighted by Crippen LogP contribution is 2.26. The zero-order chi connectivity index (χ0) is 20.8. The van der Waals surface area contributed by atoms with Crippen LogP contribution in [0.1, 0.15) is 31.4 Å². The molecule has 0 heterocycles. The average molecular weight is 396 g/mol. The molecule has 1 unspecified atom stereocenters. The maximum atomic E-state index is 12.2. The number of aryl methyl sites for hydroxylation is 2. The number of hydrogen-bond acceptors (Lipinski definition) is 5. The molecule has 3 rings (SSSR count). The third kappa shape index (κ3) is 5.81. The molecule has 0 saturated heterocycles. The number of esters is 1. The van der Waals surface area contributed by atoms with Gasteiger partial charge in [-0.2, -0.15) is 0 Å². The number of carbonyl (C=O) groups is 3. The van der Waals surface area contributed by atoms with Crippen molar-refractivity contribution in [2.24, 2.45) is 0 Å². The molecule has 1 aliphatic carbocycles. The van der Waals surface area contributed by atoms with Crippen molar-refractivity contribution in [2.45, 2.75) is 39.2 Å². The number of carbonyl (C=O) groups excluding carboxylic acids is 3. The first kappa shape index (κ1) is 20.4. The van der Waals surface area contributed by atoms with Gasteiger partial charge in [0.2, 0.25) is 5.91 Å². The van der Waals surface area contributed by atoms with Gasteiger partial charge < -0.3 is 20.1 Å². The summed E-state index contributed by atoms with van der Waals surface area (Å²) in [5, 5.41) is 5.30. The Morgan fingerprint density at radius 2 is 1.62 bits per heavy atom. The summed E-state index contributed by atoms with van der Waals surface area (Å²) in [6.45, 7) is 2.65. The number of fused-ring (bicyclic) bond motifs is 1. The molecule has 2 aromatic carbocycles. The Labute approximate surface area is 169 Å². The molecule has 7 nitrogen and oxygen atoms in total. The predicted octanol–water partition coefficient (Wildman–Crippen LogP) is 3.08. The number of anilines is 2. The summed E-state index contributed by atoms with van der Waals surface area (Å²) in [6, 6.07) is 12.4. The van der Waals surface area contributed by atoms with Crippen LogP contribution in [0.4, 0.5) is 11.4 Å². The van der Waals surface area contributed by atoms with Crippen LogP contribution < -0.4 is 15.4 Å². The Hall–Kier alpha value is -3.35. The third-order valence-corrected chi connectivity index (χ3v) is 4.58. The fraction of sp³-hybridized carbons (Fsp3) is 0.318. The summed E-state index contributed by atoms with van der Waals surface area (Å²) < 4.78 is 10.6. The minimum atomic E-state index is -0.971. The second kappa shape index (κ2) is 9.23. The number of nitrogens with one attached hydrogen (secondary N) is 2. The van der Waals surface area contributed by atoms with Gasteiger partial charge in [0.25, 0.3) is 5.91 Å². The van der Waals surface area contributed by atoms with E-state index in [4.69, 9.17) is 9.47 Å². The van der Waals surface area contributed by atoms with Crippen LogP contribution in [0.25, 0.3) is 0 Å². The maximum absolute atomic E-state index is 12.2. The van der Waals surface area contributed by atoms with E-state index >= 15 is 0 Å². The summed E-state index contributed by atoms with van der Waals surface area (Å²) in [5.41, 5.74) is 3.74. The number of ether oxygens (including phenoxy) is 2. The molecule has 0 aliphatic heterocycles. The lowest BCUT2D eigenvalue weighted by molar-refractivity contribution is -0.155. The molecule has 2 N–H and O–H groups in total. The highest BCUT2D eigenvalue weighted by Gasteiger charge is 2.19. The fourth-order valence-corrected chi connectivity index (χ4v) is 3.15. The van der Waals surface area contributed by atoms with Crippen LogP contribution in [0.3, 0.4) is 0 Å². The zero-order valence-electron chi connectivity index (χ0n) is 16.5. The minimum absolute atomic E-state index is 0.176. The minimum Gasteiger partial charge on any atom is -0.482 e. The van der Waals surface area contributed by atoms with E-state index in [0.717, 1.165) is 19.3 Å². The first-order chi connectivity index (χ1) is 13.9. The molecule has 0 aromatic heterocycles. The quantitative estimate of drug-likeness (QED) is 0.702. The van der Waals surface area contributed by atoms with Crippen LogP contribution >= 0.6 is 0 Å². The Morgan fingerprint density at radius 1 is 0.966 bits per heavy atom. The van der Waals surface area contributed by atoms with Crippen molar-refractivity contribution < 1.29 is 23.9 Å². The molecule has 1 atom stereocenters. The molecule has 0 saturated carbocycles. The number of benzene rings is 2. The maximum Gasteiger partial charge on any atom is 0.344 e. The molecule has 152 valence electrons. The van der Waals surface area contributed by atoms with E-state index in [1.54, 1.807) is 24.3 Å². The van der Waals surface area contributed by atoms with Crippen molar-refractivity contribution in [3.8, 4) is 5.75 Å². The SMILES string of the molecule is CC(=O)Nc1ccc(NC(=O)C(C)OC(=O)COc2ccc3c(c2)CCC3)cc1. The highest BCUT2D eigenvalue weighted by atomic mass is 16.6. The van der Waals surface area contributed by atoms with Crippen molar-refractivity contribution in [3.05, 3.63) is 53.6 Å². The Balaban J connectivity index is 1.45. The van der Waals surface area contributed by atoms with Gasteiger partial charge >= 0.3 is 5.97 Å². The Morgan fingerprint density at radius 3 is 2.31 bits per heavy atom. The van der Waals surface area contributed by atoms with Crippen LogP contribution in [0.2, 0.25) is 0 Å². The van der Waals surface area contributed by atoms with Gasteiger partial charge in [-0.1, -0.05) is 6.07 Å². The largest absolute Gasteiger partial charge is 0.482 e. The lowest BCUT2D eigenvalue weighted by Crippen LogP contribution is -2.31. The standard InChI is InChI=1S/C22H24N2O5/c1-14(22(27)24-19-9-7-18(8-10-19)23-15(2)25)29-21(26)13-28-20-11-6-16-4-3-5-17(16)12-20/h6-12,14H,3-5,13H2,1-2H3,(H,23,25)(H,24,27). The highest BCUT2D eigenvalue weighted by molar-refractivity contribution is 5.95. The second-order valence-corrected chi connectivity index (χ2v) is 6.95. The van der Waals surface area contributed by atoms with Gasteiger partial charge in [-0.25, -0.2) is 4.79 Å². The number of rotatable bonds is 7. The van der Waals surface area contributed by atoms with Crippen molar-refractivity contribution >= 4 is 29.2 Å². The summed E-state index contributed by atoms with van der Waals surface area (Å²) in [7, 11) is 0. The molecular weight excluding hydrogens is 372 g/mol. The summed E-state index contributed by atoms with van der Waals surface area (Å²) in [4.78, 5) is 35.2. The van der Waals surface area contributed by atoms with E-state index in [2.05, 4.69) is 10.6 Å². The van der Waals surface area contributed by atoms with E-state index in [1.807, 2.05) is 18.2 Å². The van der Waals surface area contributed by atoms with Gasteiger partial charge in [0.1, 0.15) is 5.75 Å². The van der Waals surface area contributed by atoms with Crippen LogP contribution in [-0.4, -0.2) is 30.5 Å². The van der Waals surface area contributed by atoms with E-state index in [9.17, 15) is 14.4 Å². The van der Waals surface area contributed by atoms with Gasteiger partial charge in [0.05, 0.1) is 0 Å². The molecule has 2 amide bonds. The van der Waals surface area contributed by atoms with Gasteiger partial charge in [0, 0.05) is 18.3 Å². The predicted molar refractivity (Wildman–Crippen MR) is 109 cm³/mol. The van der Waals surface area contributed by atoms with Gasteiger partial charge in [-0.3, -0.25) is 9.59 Å². The van der Waals surface area contributed by atoms with Crippen LogP contribution in [-0.2, 0) is 32.0 Å². The number of hydrogen-bond donors (Lipinski definition) is 2. The number of amides is 2. The Kier molecular flexibility index (Phi) is 6.49. The molecule has 0 bridgehead atoms. The summed E-state index contributed by atoms with van der Waals surface area (Å²) >= 11 is 0. The van der Waals surface area contributed by atoms with E-state index in [-0.39, 0.29) is 12.5 Å². The Bertz CT molecular complexity index is 908. The smallest absolute Gasteiger partial charge is 0.344 e. The normalized spacial score (nSPS) is 13.2. The topological polar surface area (TPSA) is 93.7 Å². The molecule has 1 aliphatic rings. The summed E-state index contributed by atoms with van der Waals surface area (Å²) in [6.07, 6.45) is 2.28. The first-order valence-corrected chi connectivity index (χ1v) is 9.53. The van der Waals surface area contributed by atoms with Crippen molar-refractivity contribution in [1.82, 2.24) is 0 Å². The average Bonchev–Trinajstić information content (AvgIpc) is 3.15. The molecule has 7 heteroatoms. The molecule has 0 radical (unpaired) electrons. The molecule has 0 fully saturated rings. The van der Waals surface area contributed by atoms with E-state index < -0.39 is 18.0 Å². The monoisotopic (exact) mass is 396 g/mol. The van der Waals surface area contributed by atoms with E-state index in [0.29, 0.717) is 17.1 Å². The van der Waals surface area contributed by atoms with E-state index in [1.165, 1.54) is 25.0 Å². The fourth-order valence-electron chi connectivity index (χ4n) is 3.15. The molecular formula is C22H24N2O5. The van der Waals surface area contributed by atoms with Crippen LogP contribution in [0.15, 0.2) is 42.5 Å². The van der Waals surface area contributed by atoms with Gasteiger partial charge in [0.15, 0.2) is 12.7 Å².